The van der Waals surface area contributed by atoms with Gasteiger partial charge in [-0.2, -0.15) is 0 Å². The fourth-order valence-corrected chi connectivity index (χ4v) is 8.39. The molecule has 10 nitrogen and oxygen atoms in total. The van der Waals surface area contributed by atoms with Crippen LogP contribution in [0.5, 0.6) is 0 Å². The van der Waals surface area contributed by atoms with Gasteiger partial charge in [-0.1, -0.05) is 189 Å². The first-order valence-corrected chi connectivity index (χ1v) is 27.8. The Bertz CT molecular complexity index is 1150. The highest BCUT2D eigenvalue weighted by Crippen LogP contribution is 2.22. The van der Waals surface area contributed by atoms with Crippen LogP contribution in [0.2, 0.25) is 0 Å². The first-order valence-electron chi connectivity index (χ1n) is 27.8. The fraction of sp³-hybridized carbons (Fsp3) is 0.909. The van der Waals surface area contributed by atoms with Gasteiger partial charge in [0.15, 0.2) is 0 Å². The lowest BCUT2D eigenvalue weighted by Gasteiger charge is -2.19. The molecule has 0 aliphatic heterocycles. The Kier molecular flexibility index (Phi) is 44.6. The molecule has 4 unspecified atom stereocenters. The van der Waals surface area contributed by atoms with E-state index in [4.69, 9.17) is 9.47 Å². The van der Waals surface area contributed by atoms with Crippen molar-refractivity contribution in [1.29, 1.82) is 0 Å². The van der Waals surface area contributed by atoms with Gasteiger partial charge in [-0.25, -0.2) is 0 Å². The maximum Gasteiger partial charge on any atom is 0.308 e. The van der Waals surface area contributed by atoms with Gasteiger partial charge in [0.25, 0.3) is 0 Å². The number of carbonyl (C=O) groups excluding carboxylic acids is 5. The molecule has 0 saturated heterocycles. The van der Waals surface area contributed by atoms with Gasteiger partial charge >= 0.3 is 11.9 Å². The van der Waals surface area contributed by atoms with Crippen LogP contribution in [-0.4, -0.2) is 62.0 Å². The van der Waals surface area contributed by atoms with E-state index in [1.165, 1.54) is 103 Å². The molecule has 0 heterocycles. The zero-order valence-corrected chi connectivity index (χ0v) is 43.5. The lowest BCUT2D eigenvalue weighted by Crippen LogP contribution is -2.47. The summed E-state index contributed by atoms with van der Waals surface area (Å²) in [6, 6.07) is -0.771. The Morgan fingerprint density at radius 2 is 0.785 bits per heavy atom. The predicted molar refractivity (Wildman–Crippen MR) is 271 cm³/mol. The second-order valence-electron chi connectivity index (χ2n) is 19.4. The summed E-state index contributed by atoms with van der Waals surface area (Å²) < 4.78 is 11.5. The van der Waals surface area contributed by atoms with Crippen LogP contribution in [0.15, 0.2) is 0 Å². The molecule has 0 aromatic heterocycles. The van der Waals surface area contributed by atoms with Gasteiger partial charge in [0.2, 0.25) is 17.7 Å². The van der Waals surface area contributed by atoms with Crippen molar-refractivity contribution in [1.82, 2.24) is 16.0 Å². The van der Waals surface area contributed by atoms with Crippen LogP contribution >= 0.6 is 0 Å². The molecule has 0 aliphatic rings. The van der Waals surface area contributed by atoms with Gasteiger partial charge in [-0.15, -0.1) is 0 Å². The predicted octanol–water partition coefficient (Wildman–Crippen LogP) is 13.8. The van der Waals surface area contributed by atoms with E-state index in [9.17, 15) is 24.0 Å². The summed E-state index contributed by atoms with van der Waals surface area (Å²) in [6.45, 7) is 14.9. The van der Waals surface area contributed by atoms with Crippen LogP contribution < -0.4 is 16.0 Å². The first-order chi connectivity index (χ1) is 31.6. The molecular weight excluding hydrogens is 815 g/mol. The van der Waals surface area contributed by atoms with Crippen LogP contribution in [0.3, 0.4) is 0 Å². The first kappa shape index (κ1) is 62.4. The molecular formula is C55H105N3O7. The summed E-state index contributed by atoms with van der Waals surface area (Å²) in [6.07, 6.45) is 36.3. The molecule has 382 valence electrons. The number of rotatable bonds is 48. The highest BCUT2D eigenvalue weighted by atomic mass is 16.5. The van der Waals surface area contributed by atoms with Gasteiger partial charge in [0.1, 0.15) is 6.04 Å². The molecule has 0 aliphatic carbocycles. The summed E-state index contributed by atoms with van der Waals surface area (Å²) in [5.74, 6) is -0.366. The Morgan fingerprint density at radius 1 is 0.415 bits per heavy atom. The number of ether oxygens (including phenoxy) is 2. The summed E-state index contributed by atoms with van der Waals surface area (Å²) in [4.78, 5) is 64.8. The molecule has 3 N–H and O–H groups in total. The minimum atomic E-state index is -0.771. The molecule has 65 heavy (non-hydrogen) atoms. The summed E-state index contributed by atoms with van der Waals surface area (Å²) in [5.41, 5.74) is 0. The maximum atomic E-state index is 13.3. The third-order valence-electron chi connectivity index (χ3n) is 13.1. The zero-order valence-electron chi connectivity index (χ0n) is 43.5. The molecule has 0 rings (SSSR count). The van der Waals surface area contributed by atoms with Crippen molar-refractivity contribution < 1.29 is 33.4 Å². The molecule has 0 saturated carbocycles. The standard InChI is InChI=1S/C55H105N3O7/c1-7-12-16-20-22-30-38-48(36-28-18-14-9-3)54(62)64-44-34-26-24-32-42-56-51(59)41-40-50(58-52(60)46-47(6)11-5)53(61)57-43-33-25-27-35-45-65-55(63)49(37-29-19-15-10-4)39-31-23-21-17-13-8-2/h47-50H,7-46H2,1-6H3,(H,56,59)(H,57,61)(H,58,60). The normalized spacial score (nSPS) is 13.1. The Morgan fingerprint density at radius 3 is 1.22 bits per heavy atom. The van der Waals surface area contributed by atoms with Crippen molar-refractivity contribution in [3.8, 4) is 0 Å². The molecule has 0 aromatic carbocycles. The topological polar surface area (TPSA) is 140 Å². The van der Waals surface area contributed by atoms with Crippen LogP contribution in [0.25, 0.3) is 0 Å². The molecule has 10 heteroatoms. The van der Waals surface area contributed by atoms with Crippen LogP contribution in [0.4, 0.5) is 0 Å². The number of hydrogen-bond acceptors (Lipinski definition) is 7. The molecule has 0 bridgehead atoms. The fourth-order valence-electron chi connectivity index (χ4n) is 8.39. The third-order valence-corrected chi connectivity index (χ3v) is 13.1. The Balaban J connectivity index is 4.59. The number of amides is 3. The summed E-state index contributed by atoms with van der Waals surface area (Å²) in [7, 11) is 0. The lowest BCUT2D eigenvalue weighted by molar-refractivity contribution is -0.150. The van der Waals surface area contributed by atoms with Gasteiger partial charge in [0.05, 0.1) is 25.0 Å². The van der Waals surface area contributed by atoms with Crippen molar-refractivity contribution in [3.05, 3.63) is 0 Å². The smallest absolute Gasteiger partial charge is 0.308 e. The molecule has 3 amide bonds. The van der Waals surface area contributed by atoms with Crippen LogP contribution in [-0.2, 0) is 33.4 Å². The van der Waals surface area contributed by atoms with E-state index in [-0.39, 0.29) is 60.3 Å². The Labute approximate surface area is 400 Å². The Hall–Kier alpha value is -2.65. The van der Waals surface area contributed by atoms with E-state index in [0.717, 1.165) is 109 Å². The van der Waals surface area contributed by atoms with E-state index in [2.05, 4.69) is 43.6 Å². The van der Waals surface area contributed by atoms with Crippen molar-refractivity contribution in [2.45, 2.75) is 279 Å². The minimum absolute atomic E-state index is 0.0147. The summed E-state index contributed by atoms with van der Waals surface area (Å²) in [5, 5.41) is 8.86. The number of nitrogens with one attached hydrogen (secondary N) is 3. The summed E-state index contributed by atoms with van der Waals surface area (Å²) >= 11 is 0. The van der Waals surface area contributed by atoms with Crippen molar-refractivity contribution in [2.24, 2.45) is 17.8 Å². The van der Waals surface area contributed by atoms with E-state index in [0.29, 0.717) is 32.7 Å². The van der Waals surface area contributed by atoms with Crippen LogP contribution in [0, 0.1) is 17.8 Å². The molecule has 0 radical (unpaired) electrons. The van der Waals surface area contributed by atoms with Crippen molar-refractivity contribution >= 4 is 29.7 Å². The average molecular weight is 920 g/mol. The number of esters is 2. The van der Waals surface area contributed by atoms with E-state index in [1.807, 2.05) is 13.8 Å². The van der Waals surface area contributed by atoms with Crippen molar-refractivity contribution in [3.63, 3.8) is 0 Å². The third kappa shape index (κ3) is 39.1. The quantitative estimate of drug-likeness (QED) is 0.0408. The highest BCUT2D eigenvalue weighted by molar-refractivity contribution is 5.88. The highest BCUT2D eigenvalue weighted by Gasteiger charge is 2.23. The van der Waals surface area contributed by atoms with Gasteiger partial charge < -0.3 is 25.4 Å². The average Bonchev–Trinajstić information content (AvgIpc) is 3.29. The largest absolute Gasteiger partial charge is 0.465 e. The van der Waals surface area contributed by atoms with Crippen molar-refractivity contribution in [2.75, 3.05) is 26.3 Å². The number of carbonyl (C=O) groups is 5. The number of hydrogen-bond donors (Lipinski definition) is 3. The van der Waals surface area contributed by atoms with Gasteiger partial charge in [-0.3, -0.25) is 24.0 Å². The molecule has 0 aromatic rings. The van der Waals surface area contributed by atoms with E-state index in [1.54, 1.807) is 0 Å². The minimum Gasteiger partial charge on any atom is -0.465 e. The molecule has 0 spiro atoms. The van der Waals surface area contributed by atoms with E-state index >= 15 is 0 Å². The second kappa shape index (κ2) is 46.5. The SMILES string of the molecule is CCCCCCCCC(CCCCCC)C(=O)OCCCCCCNC(=O)CCC(NC(=O)CC(C)CC)C(=O)NCCCCCCOC(=O)C(CCCCCC)CCCCCCCC. The van der Waals surface area contributed by atoms with E-state index < -0.39 is 6.04 Å². The number of unbranched alkanes of at least 4 members (excludes halogenated alkanes) is 22. The second-order valence-corrected chi connectivity index (χ2v) is 19.4. The zero-order chi connectivity index (χ0) is 48.0. The molecule has 0 fully saturated rings. The monoisotopic (exact) mass is 920 g/mol. The lowest BCUT2D eigenvalue weighted by atomic mass is 9.94. The van der Waals surface area contributed by atoms with Gasteiger partial charge in [0, 0.05) is 25.9 Å². The molecule has 4 atom stereocenters. The van der Waals surface area contributed by atoms with Gasteiger partial charge in [-0.05, 0) is 76.5 Å². The van der Waals surface area contributed by atoms with Crippen LogP contribution in [0.1, 0.15) is 273 Å². The maximum absolute atomic E-state index is 13.3.